The normalized spacial score (nSPS) is 12.4. The highest BCUT2D eigenvalue weighted by Crippen LogP contribution is 2.16. The summed E-state index contributed by atoms with van der Waals surface area (Å²) in [7, 11) is 0. The van der Waals surface area contributed by atoms with Crippen LogP contribution < -0.4 is 10.5 Å². The van der Waals surface area contributed by atoms with Crippen molar-refractivity contribution in [3.8, 4) is 5.75 Å². The Bertz CT molecular complexity index is 307. The molecular formula is C12H18ClNO2. The van der Waals surface area contributed by atoms with Gasteiger partial charge in [-0.3, -0.25) is 0 Å². The lowest BCUT2D eigenvalue weighted by molar-refractivity contribution is 0.0897. The Balaban J connectivity index is 2.12. The molecule has 16 heavy (non-hydrogen) atoms. The molecule has 1 aromatic carbocycles. The molecule has 3 nitrogen and oxygen atoms in total. The molecule has 0 spiro atoms. The van der Waals surface area contributed by atoms with Gasteiger partial charge in [0.15, 0.2) is 0 Å². The van der Waals surface area contributed by atoms with Crippen LogP contribution in [0.3, 0.4) is 0 Å². The molecule has 2 N–H and O–H groups in total. The highest BCUT2D eigenvalue weighted by atomic mass is 35.5. The van der Waals surface area contributed by atoms with E-state index in [9.17, 15) is 0 Å². The molecule has 0 radical (unpaired) electrons. The summed E-state index contributed by atoms with van der Waals surface area (Å²) in [6, 6.07) is 7.42. The topological polar surface area (TPSA) is 44.5 Å². The van der Waals surface area contributed by atoms with E-state index in [-0.39, 0.29) is 6.04 Å². The molecule has 0 heterocycles. The first-order valence-corrected chi connectivity index (χ1v) is 5.82. The first-order valence-electron chi connectivity index (χ1n) is 5.44. The zero-order valence-corrected chi connectivity index (χ0v) is 10.2. The Hall–Kier alpha value is -0.770. The Labute approximate surface area is 101 Å². The molecule has 0 aromatic heterocycles. The van der Waals surface area contributed by atoms with Crippen molar-refractivity contribution in [1.82, 2.24) is 0 Å². The second-order valence-corrected chi connectivity index (χ2v) is 3.99. The van der Waals surface area contributed by atoms with Crippen LogP contribution in [0.4, 0.5) is 0 Å². The molecule has 1 atom stereocenters. The molecule has 90 valence electrons. The van der Waals surface area contributed by atoms with E-state index in [1.807, 2.05) is 25.1 Å². The summed E-state index contributed by atoms with van der Waals surface area (Å²) in [5.74, 6) is 0.760. The fourth-order valence-corrected chi connectivity index (χ4v) is 1.31. The molecule has 0 aliphatic carbocycles. The third-order valence-corrected chi connectivity index (χ3v) is 2.38. The van der Waals surface area contributed by atoms with Crippen molar-refractivity contribution in [2.45, 2.75) is 19.4 Å². The summed E-state index contributed by atoms with van der Waals surface area (Å²) in [5.41, 5.74) is 5.70. The van der Waals surface area contributed by atoms with Crippen molar-refractivity contribution >= 4 is 11.6 Å². The minimum atomic E-state index is 0.117. The number of ether oxygens (including phenoxy) is 2. The summed E-state index contributed by atoms with van der Waals surface area (Å²) in [5, 5.41) is 0.673. The third kappa shape index (κ3) is 5.35. The van der Waals surface area contributed by atoms with Crippen molar-refractivity contribution in [2.24, 2.45) is 5.73 Å². The van der Waals surface area contributed by atoms with Gasteiger partial charge >= 0.3 is 0 Å². The van der Waals surface area contributed by atoms with Crippen LogP contribution in [0.5, 0.6) is 5.75 Å². The Morgan fingerprint density at radius 3 is 2.88 bits per heavy atom. The molecule has 0 fully saturated rings. The van der Waals surface area contributed by atoms with E-state index in [1.54, 1.807) is 6.07 Å². The van der Waals surface area contributed by atoms with Crippen molar-refractivity contribution < 1.29 is 9.47 Å². The fraction of sp³-hybridized carbons (Fsp3) is 0.500. The van der Waals surface area contributed by atoms with E-state index in [0.29, 0.717) is 24.8 Å². The Morgan fingerprint density at radius 2 is 2.19 bits per heavy atom. The Kier molecular flexibility index (Phi) is 6.23. The molecule has 4 heteroatoms. The van der Waals surface area contributed by atoms with Gasteiger partial charge in [0.2, 0.25) is 0 Å². The van der Waals surface area contributed by atoms with Crippen LogP contribution in [0.25, 0.3) is 0 Å². The molecule has 1 rings (SSSR count). The molecular weight excluding hydrogens is 226 g/mol. The number of nitrogens with two attached hydrogens (primary N) is 1. The molecule has 0 bridgehead atoms. The summed E-state index contributed by atoms with van der Waals surface area (Å²) >= 11 is 5.82. The van der Waals surface area contributed by atoms with Gasteiger partial charge in [0.05, 0.1) is 13.2 Å². The van der Waals surface area contributed by atoms with Gasteiger partial charge in [0, 0.05) is 11.1 Å². The maximum absolute atomic E-state index is 5.82. The second-order valence-electron chi connectivity index (χ2n) is 3.55. The molecule has 0 saturated heterocycles. The van der Waals surface area contributed by atoms with Gasteiger partial charge in [-0.05, 0) is 24.6 Å². The van der Waals surface area contributed by atoms with Crippen LogP contribution in [0.15, 0.2) is 24.3 Å². The molecule has 0 aliphatic rings. The third-order valence-electron chi connectivity index (χ3n) is 2.15. The number of halogens is 1. The van der Waals surface area contributed by atoms with Gasteiger partial charge < -0.3 is 15.2 Å². The Morgan fingerprint density at radius 1 is 1.38 bits per heavy atom. The number of hydrogen-bond acceptors (Lipinski definition) is 3. The largest absolute Gasteiger partial charge is 0.491 e. The second kappa shape index (κ2) is 7.49. The van der Waals surface area contributed by atoms with Gasteiger partial charge in [0.1, 0.15) is 12.4 Å². The smallest absolute Gasteiger partial charge is 0.120 e. The SMILES string of the molecule is CCC(N)COCCOc1cccc(Cl)c1. The van der Waals surface area contributed by atoms with E-state index >= 15 is 0 Å². The van der Waals surface area contributed by atoms with E-state index in [1.165, 1.54) is 0 Å². The maximum atomic E-state index is 5.82. The predicted octanol–water partition coefficient (Wildman–Crippen LogP) is 2.47. The van der Waals surface area contributed by atoms with Crippen LogP contribution in [0, 0.1) is 0 Å². The van der Waals surface area contributed by atoms with Crippen LogP contribution in [0.1, 0.15) is 13.3 Å². The predicted molar refractivity (Wildman–Crippen MR) is 66.0 cm³/mol. The van der Waals surface area contributed by atoms with Crippen LogP contribution in [-0.4, -0.2) is 25.9 Å². The van der Waals surface area contributed by atoms with Gasteiger partial charge in [-0.25, -0.2) is 0 Å². The highest BCUT2D eigenvalue weighted by Gasteiger charge is 1.99. The number of rotatable bonds is 7. The van der Waals surface area contributed by atoms with E-state index < -0.39 is 0 Å². The van der Waals surface area contributed by atoms with Crippen LogP contribution in [0.2, 0.25) is 5.02 Å². The van der Waals surface area contributed by atoms with Crippen molar-refractivity contribution in [1.29, 1.82) is 0 Å². The maximum Gasteiger partial charge on any atom is 0.120 e. The minimum absolute atomic E-state index is 0.117. The summed E-state index contributed by atoms with van der Waals surface area (Å²) in [6.07, 6.45) is 0.926. The average Bonchev–Trinajstić information content (AvgIpc) is 2.28. The summed E-state index contributed by atoms with van der Waals surface area (Å²) in [6.45, 7) is 3.67. The van der Waals surface area contributed by atoms with Gasteiger partial charge in [-0.15, -0.1) is 0 Å². The molecule has 0 saturated carbocycles. The fourth-order valence-electron chi connectivity index (χ4n) is 1.13. The van der Waals surface area contributed by atoms with E-state index in [0.717, 1.165) is 12.2 Å². The number of benzene rings is 1. The summed E-state index contributed by atoms with van der Waals surface area (Å²) in [4.78, 5) is 0. The molecule has 0 amide bonds. The number of hydrogen-bond donors (Lipinski definition) is 1. The zero-order valence-electron chi connectivity index (χ0n) is 9.49. The van der Waals surface area contributed by atoms with Gasteiger partial charge in [0.25, 0.3) is 0 Å². The van der Waals surface area contributed by atoms with Crippen molar-refractivity contribution in [3.05, 3.63) is 29.3 Å². The summed E-state index contributed by atoms with van der Waals surface area (Å²) < 4.78 is 10.8. The zero-order chi connectivity index (χ0) is 11.8. The molecule has 1 aromatic rings. The van der Waals surface area contributed by atoms with E-state index in [4.69, 9.17) is 26.8 Å². The minimum Gasteiger partial charge on any atom is -0.491 e. The monoisotopic (exact) mass is 243 g/mol. The van der Waals surface area contributed by atoms with Crippen molar-refractivity contribution in [2.75, 3.05) is 19.8 Å². The lowest BCUT2D eigenvalue weighted by Gasteiger charge is -2.10. The lowest BCUT2D eigenvalue weighted by Crippen LogP contribution is -2.26. The quantitative estimate of drug-likeness (QED) is 0.749. The first kappa shape index (κ1) is 13.3. The van der Waals surface area contributed by atoms with Crippen LogP contribution >= 0.6 is 11.6 Å². The highest BCUT2D eigenvalue weighted by molar-refractivity contribution is 6.30. The lowest BCUT2D eigenvalue weighted by atomic mass is 10.3. The van der Waals surface area contributed by atoms with Gasteiger partial charge in [-0.1, -0.05) is 24.6 Å². The average molecular weight is 244 g/mol. The van der Waals surface area contributed by atoms with E-state index in [2.05, 4.69) is 0 Å². The standard InChI is InChI=1S/C12H18ClNO2/c1-2-11(14)9-15-6-7-16-12-5-3-4-10(13)8-12/h3-5,8,11H,2,6-7,9,14H2,1H3. The van der Waals surface area contributed by atoms with Gasteiger partial charge in [-0.2, -0.15) is 0 Å². The van der Waals surface area contributed by atoms with Crippen molar-refractivity contribution in [3.63, 3.8) is 0 Å². The van der Waals surface area contributed by atoms with Crippen LogP contribution in [-0.2, 0) is 4.74 Å². The first-order chi connectivity index (χ1) is 7.72. The molecule has 0 aliphatic heterocycles. The molecule has 1 unspecified atom stereocenters.